The summed E-state index contributed by atoms with van der Waals surface area (Å²) in [6, 6.07) is 9.25. The molecule has 0 aliphatic heterocycles. The van der Waals surface area contributed by atoms with Gasteiger partial charge < -0.3 is 15.2 Å². The molecular weight excluding hydrogens is 256 g/mol. The fraction of sp³-hybridized carbons (Fsp3) is 0.357. The Morgan fingerprint density at radius 2 is 2.10 bits per heavy atom. The Kier molecular flexibility index (Phi) is 4.84. The van der Waals surface area contributed by atoms with Crippen LogP contribution in [-0.4, -0.2) is 29.6 Å². The average molecular weight is 274 g/mol. The van der Waals surface area contributed by atoms with Crippen LogP contribution in [0.1, 0.15) is 25.2 Å². The van der Waals surface area contributed by atoms with Crippen LogP contribution in [0.15, 0.2) is 34.9 Å². The third-order valence-corrected chi connectivity index (χ3v) is 2.83. The first-order valence-electron chi connectivity index (χ1n) is 6.53. The number of benzene rings is 1. The zero-order chi connectivity index (χ0) is 14.4. The summed E-state index contributed by atoms with van der Waals surface area (Å²) in [5, 5.41) is 9.67. The lowest BCUT2D eigenvalue weighted by Crippen LogP contribution is -2.29. The molecular formula is C14H18N4O2. The van der Waals surface area contributed by atoms with E-state index < -0.39 is 0 Å². The highest BCUT2D eigenvalue weighted by molar-refractivity contribution is 5.76. The lowest BCUT2D eigenvalue weighted by atomic mass is 10.2. The predicted octanol–water partition coefficient (Wildman–Crippen LogP) is 1.52. The lowest BCUT2D eigenvalue weighted by molar-refractivity contribution is -0.121. The molecule has 1 heterocycles. The first kappa shape index (κ1) is 14.2. The van der Waals surface area contributed by atoms with Crippen LogP contribution in [0, 0.1) is 0 Å². The Morgan fingerprint density at radius 3 is 2.80 bits per heavy atom. The SMILES string of the molecule is CNCCC(=O)NC(C)c1noc(-c2ccccc2)n1. The summed E-state index contributed by atoms with van der Waals surface area (Å²) in [6.07, 6.45) is 0.421. The number of nitrogens with zero attached hydrogens (tertiary/aromatic N) is 2. The van der Waals surface area contributed by atoms with E-state index in [0.717, 1.165) is 5.56 Å². The molecule has 0 bridgehead atoms. The standard InChI is InChI=1S/C14H18N4O2/c1-10(16-12(19)8-9-15-2)13-17-14(20-18-13)11-6-4-3-5-7-11/h3-7,10,15H,8-9H2,1-2H3,(H,16,19). The first-order chi connectivity index (χ1) is 9.70. The van der Waals surface area contributed by atoms with Crippen LogP contribution >= 0.6 is 0 Å². The smallest absolute Gasteiger partial charge is 0.257 e. The van der Waals surface area contributed by atoms with Gasteiger partial charge in [-0.25, -0.2) is 0 Å². The van der Waals surface area contributed by atoms with Crippen molar-refractivity contribution in [2.24, 2.45) is 0 Å². The summed E-state index contributed by atoms with van der Waals surface area (Å²) < 4.78 is 5.21. The van der Waals surface area contributed by atoms with E-state index >= 15 is 0 Å². The molecule has 2 N–H and O–H groups in total. The van der Waals surface area contributed by atoms with E-state index in [4.69, 9.17) is 4.52 Å². The average Bonchev–Trinajstić information content (AvgIpc) is 2.96. The molecule has 0 saturated heterocycles. The predicted molar refractivity (Wildman–Crippen MR) is 74.8 cm³/mol. The van der Waals surface area contributed by atoms with E-state index in [1.807, 2.05) is 44.3 Å². The van der Waals surface area contributed by atoms with Crippen LogP contribution in [-0.2, 0) is 4.79 Å². The second-order valence-electron chi connectivity index (χ2n) is 4.47. The third kappa shape index (κ3) is 3.64. The van der Waals surface area contributed by atoms with E-state index in [1.54, 1.807) is 0 Å². The van der Waals surface area contributed by atoms with Crippen molar-refractivity contribution in [3.05, 3.63) is 36.2 Å². The van der Waals surface area contributed by atoms with Crippen LogP contribution in [0.25, 0.3) is 11.5 Å². The van der Waals surface area contributed by atoms with Crippen molar-refractivity contribution < 1.29 is 9.32 Å². The van der Waals surface area contributed by atoms with Crippen LogP contribution in [0.5, 0.6) is 0 Å². The summed E-state index contributed by atoms with van der Waals surface area (Å²) in [4.78, 5) is 15.9. The van der Waals surface area contributed by atoms with Gasteiger partial charge in [0.05, 0.1) is 6.04 Å². The van der Waals surface area contributed by atoms with Gasteiger partial charge in [0.15, 0.2) is 5.82 Å². The van der Waals surface area contributed by atoms with E-state index in [9.17, 15) is 4.79 Å². The van der Waals surface area contributed by atoms with Crippen LogP contribution < -0.4 is 10.6 Å². The van der Waals surface area contributed by atoms with Gasteiger partial charge in [-0.05, 0) is 26.1 Å². The molecule has 1 aromatic heterocycles. The van der Waals surface area contributed by atoms with Crippen molar-refractivity contribution >= 4 is 5.91 Å². The van der Waals surface area contributed by atoms with E-state index in [2.05, 4.69) is 20.8 Å². The van der Waals surface area contributed by atoms with Gasteiger partial charge in [0.1, 0.15) is 0 Å². The molecule has 6 nitrogen and oxygen atoms in total. The largest absolute Gasteiger partial charge is 0.346 e. The van der Waals surface area contributed by atoms with Crippen LogP contribution in [0.4, 0.5) is 0 Å². The second kappa shape index (κ2) is 6.81. The number of nitrogens with one attached hydrogen (secondary N) is 2. The number of carbonyl (C=O) groups excluding carboxylic acids is 1. The molecule has 1 aromatic carbocycles. The summed E-state index contributed by atoms with van der Waals surface area (Å²) in [7, 11) is 1.81. The molecule has 6 heteroatoms. The normalized spacial score (nSPS) is 12.1. The Labute approximate surface area is 117 Å². The van der Waals surface area contributed by atoms with Gasteiger partial charge in [-0.1, -0.05) is 23.4 Å². The van der Waals surface area contributed by atoms with Crippen molar-refractivity contribution in [3.63, 3.8) is 0 Å². The van der Waals surface area contributed by atoms with Crippen molar-refractivity contribution in [2.45, 2.75) is 19.4 Å². The number of amides is 1. The van der Waals surface area contributed by atoms with Gasteiger partial charge in [0.2, 0.25) is 5.91 Å². The van der Waals surface area contributed by atoms with Gasteiger partial charge in [0.25, 0.3) is 5.89 Å². The number of rotatable bonds is 6. The van der Waals surface area contributed by atoms with Crippen LogP contribution in [0.2, 0.25) is 0 Å². The molecule has 0 fully saturated rings. The quantitative estimate of drug-likeness (QED) is 0.835. The highest BCUT2D eigenvalue weighted by Gasteiger charge is 2.16. The molecule has 0 spiro atoms. The molecule has 1 amide bonds. The number of hydrogen-bond acceptors (Lipinski definition) is 5. The topological polar surface area (TPSA) is 80.0 Å². The van der Waals surface area contributed by atoms with Gasteiger partial charge in [0, 0.05) is 18.5 Å². The minimum absolute atomic E-state index is 0.0436. The Balaban J connectivity index is 2.00. The fourth-order valence-corrected chi connectivity index (χ4v) is 1.73. The van der Waals surface area contributed by atoms with Crippen LogP contribution in [0.3, 0.4) is 0 Å². The summed E-state index contributed by atoms with van der Waals surface area (Å²) in [5.74, 6) is 0.886. The molecule has 0 aliphatic rings. The number of hydrogen-bond donors (Lipinski definition) is 2. The first-order valence-corrected chi connectivity index (χ1v) is 6.53. The Hall–Kier alpha value is -2.21. The fourth-order valence-electron chi connectivity index (χ4n) is 1.73. The molecule has 1 atom stereocenters. The zero-order valence-electron chi connectivity index (χ0n) is 11.6. The van der Waals surface area contributed by atoms with Crippen molar-refractivity contribution in [1.82, 2.24) is 20.8 Å². The van der Waals surface area contributed by atoms with E-state index in [1.165, 1.54) is 0 Å². The summed E-state index contributed by atoms with van der Waals surface area (Å²) >= 11 is 0. The minimum atomic E-state index is -0.277. The third-order valence-electron chi connectivity index (χ3n) is 2.83. The summed E-state index contributed by atoms with van der Waals surface area (Å²) in [6.45, 7) is 2.47. The minimum Gasteiger partial charge on any atom is -0.346 e. The maximum atomic E-state index is 11.6. The van der Waals surface area contributed by atoms with Gasteiger partial charge >= 0.3 is 0 Å². The van der Waals surface area contributed by atoms with Crippen molar-refractivity contribution in [2.75, 3.05) is 13.6 Å². The molecule has 20 heavy (non-hydrogen) atoms. The van der Waals surface area contributed by atoms with E-state index in [-0.39, 0.29) is 11.9 Å². The molecule has 2 aromatic rings. The monoisotopic (exact) mass is 274 g/mol. The Morgan fingerprint density at radius 1 is 1.35 bits per heavy atom. The molecule has 106 valence electrons. The zero-order valence-corrected chi connectivity index (χ0v) is 11.6. The van der Waals surface area contributed by atoms with Gasteiger partial charge in [-0.15, -0.1) is 0 Å². The molecule has 1 unspecified atom stereocenters. The molecule has 0 aliphatic carbocycles. The van der Waals surface area contributed by atoms with Crippen molar-refractivity contribution in [3.8, 4) is 11.5 Å². The van der Waals surface area contributed by atoms with E-state index in [0.29, 0.717) is 24.7 Å². The van der Waals surface area contributed by atoms with Gasteiger partial charge in [-0.2, -0.15) is 4.98 Å². The molecule has 0 radical (unpaired) electrons. The highest BCUT2D eigenvalue weighted by Crippen LogP contribution is 2.18. The lowest BCUT2D eigenvalue weighted by Gasteiger charge is -2.09. The van der Waals surface area contributed by atoms with Crippen molar-refractivity contribution in [1.29, 1.82) is 0 Å². The van der Waals surface area contributed by atoms with Gasteiger partial charge in [-0.3, -0.25) is 4.79 Å². The summed E-state index contributed by atoms with van der Waals surface area (Å²) in [5.41, 5.74) is 0.861. The number of carbonyl (C=O) groups is 1. The Bertz CT molecular complexity index is 553. The highest BCUT2D eigenvalue weighted by atomic mass is 16.5. The maximum Gasteiger partial charge on any atom is 0.257 e. The maximum absolute atomic E-state index is 11.6. The number of aromatic nitrogens is 2. The second-order valence-corrected chi connectivity index (χ2v) is 4.47. The molecule has 0 saturated carbocycles. The molecule has 2 rings (SSSR count).